The molecule has 0 aliphatic carbocycles. The molecular weight excluding hydrogens is 178 g/mol. The minimum atomic E-state index is -0.361. The molecule has 0 aromatic heterocycles. The molecule has 1 atom stereocenters. The van der Waals surface area contributed by atoms with Gasteiger partial charge in [0.2, 0.25) is 5.91 Å². The lowest BCUT2D eigenvalue weighted by Gasteiger charge is -2.37. The maximum Gasteiger partial charge on any atom is 0.239 e. The van der Waals surface area contributed by atoms with Crippen LogP contribution in [0.5, 0.6) is 0 Å². The normalized spacial score (nSPS) is 21.4. The number of rotatable bonds is 2. The van der Waals surface area contributed by atoms with Crippen LogP contribution < -0.4 is 5.73 Å². The smallest absolute Gasteiger partial charge is 0.239 e. The molecule has 1 amide bonds. The van der Waals surface area contributed by atoms with Crippen LogP contribution in [0.1, 0.15) is 20.8 Å². The summed E-state index contributed by atoms with van der Waals surface area (Å²) in [6, 6.07) is 0.211. The largest absolute Gasteiger partial charge is 0.339 e. The topological polar surface area (TPSA) is 49.6 Å². The zero-order chi connectivity index (χ0) is 10.7. The van der Waals surface area contributed by atoms with E-state index in [1.807, 2.05) is 4.90 Å². The third-order valence-corrected chi connectivity index (χ3v) is 2.75. The van der Waals surface area contributed by atoms with Crippen LogP contribution in [-0.4, -0.2) is 54.0 Å². The lowest BCUT2D eigenvalue weighted by molar-refractivity contribution is -0.134. The standard InChI is InChI=1S/C10H21N3O/c1-8(2)12-4-6-13(7-5-12)10(14)9(3)11/h8-9H,4-7,11H2,1-3H3/t9-/m0/s1. The van der Waals surface area contributed by atoms with Crippen LogP contribution in [-0.2, 0) is 4.79 Å². The van der Waals surface area contributed by atoms with E-state index in [9.17, 15) is 4.79 Å². The lowest BCUT2D eigenvalue weighted by Crippen LogP contribution is -2.53. The molecule has 1 saturated heterocycles. The Bertz CT molecular complexity index is 196. The minimum Gasteiger partial charge on any atom is -0.339 e. The van der Waals surface area contributed by atoms with Crippen LogP contribution in [0, 0.1) is 0 Å². The van der Waals surface area contributed by atoms with E-state index in [-0.39, 0.29) is 11.9 Å². The third kappa shape index (κ3) is 2.69. The number of carbonyl (C=O) groups excluding carboxylic acids is 1. The average molecular weight is 199 g/mol. The van der Waals surface area contributed by atoms with E-state index in [2.05, 4.69) is 18.7 Å². The Hall–Kier alpha value is -0.610. The molecule has 0 bridgehead atoms. The van der Waals surface area contributed by atoms with E-state index in [0.717, 1.165) is 26.2 Å². The Morgan fingerprint density at radius 2 is 1.64 bits per heavy atom. The molecule has 1 aliphatic heterocycles. The molecule has 82 valence electrons. The first-order valence-corrected chi connectivity index (χ1v) is 5.30. The van der Waals surface area contributed by atoms with Gasteiger partial charge in [-0.1, -0.05) is 0 Å². The molecular formula is C10H21N3O. The molecule has 0 unspecified atom stereocenters. The van der Waals surface area contributed by atoms with Gasteiger partial charge in [0.25, 0.3) is 0 Å². The highest BCUT2D eigenvalue weighted by Crippen LogP contribution is 2.06. The van der Waals surface area contributed by atoms with E-state index < -0.39 is 0 Å². The van der Waals surface area contributed by atoms with E-state index in [1.54, 1.807) is 6.92 Å². The van der Waals surface area contributed by atoms with Crippen LogP contribution in [0.4, 0.5) is 0 Å². The Morgan fingerprint density at radius 3 is 2.00 bits per heavy atom. The highest BCUT2D eigenvalue weighted by Gasteiger charge is 2.23. The maximum atomic E-state index is 11.6. The maximum absolute atomic E-state index is 11.6. The quantitative estimate of drug-likeness (QED) is 0.675. The molecule has 1 rings (SSSR count). The second-order valence-corrected chi connectivity index (χ2v) is 4.24. The zero-order valence-corrected chi connectivity index (χ0v) is 9.36. The van der Waals surface area contributed by atoms with Crippen molar-refractivity contribution < 1.29 is 4.79 Å². The van der Waals surface area contributed by atoms with Crippen molar-refractivity contribution in [3.63, 3.8) is 0 Å². The van der Waals surface area contributed by atoms with Crippen molar-refractivity contribution in [1.29, 1.82) is 0 Å². The van der Waals surface area contributed by atoms with Crippen molar-refractivity contribution in [3.8, 4) is 0 Å². The highest BCUT2D eigenvalue weighted by molar-refractivity contribution is 5.81. The fraction of sp³-hybridized carbons (Fsp3) is 0.900. The molecule has 1 heterocycles. The van der Waals surface area contributed by atoms with Crippen molar-refractivity contribution in [2.45, 2.75) is 32.9 Å². The Labute approximate surface area is 86.0 Å². The van der Waals surface area contributed by atoms with Gasteiger partial charge < -0.3 is 10.6 Å². The number of carbonyl (C=O) groups is 1. The number of hydrogen-bond donors (Lipinski definition) is 1. The average Bonchev–Trinajstić information content (AvgIpc) is 2.16. The van der Waals surface area contributed by atoms with Gasteiger partial charge in [0.05, 0.1) is 6.04 Å². The summed E-state index contributed by atoms with van der Waals surface area (Å²) in [7, 11) is 0. The van der Waals surface area contributed by atoms with Crippen molar-refractivity contribution in [2.24, 2.45) is 5.73 Å². The first-order valence-electron chi connectivity index (χ1n) is 5.30. The van der Waals surface area contributed by atoms with Gasteiger partial charge in [-0.3, -0.25) is 9.69 Å². The molecule has 4 nitrogen and oxygen atoms in total. The monoisotopic (exact) mass is 199 g/mol. The van der Waals surface area contributed by atoms with Crippen LogP contribution >= 0.6 is 0 Å². The van der Waals surface area contributed by atoms with Gasteiger partial charge >= 0.3 is 0 Å². The second kappa shape index (κ2) is 4.75. The molecule has 4 heteroatoms. The molecule has 2 N–H and O–H groups in total. The second-order valence-electron chi connectivity index (χ2n) is 4.24. The lowest BCUT2D eigenvalue weighted by atomic mass is 10.2. The molecule has 0 aromatic rings. The van der Waals surface area contributed by atoms with Crippen LogP contribution in [0.3, 0.4) is 0 Å². The van der Waals surface area contributed by atoms with Gasteiger partial charge in [0.1, 0.15) is 0 Å². The highest BCUT2D eigenvalue weighted by atomic mass is 16.2. The summed E-state index contributed by atoms with van der Waals surface area (Å²) in [5, 5.41) is 0. The predicted molar refractivity (Wildman–Crippen MR) is 56.9 cm³/mol. The Morgan fingerprint density at radius 1 is 1.14 bits per heavy atom. The van der Waals surface area contributed by atoms with Gasteiger partial charge in [-0.15, -0.1) is 0 Å². The molecule has 1 aliphatic rings. The van der Waals surface area contributed by atoms with E-state index in [0.29, 0.717) is 6.04 Å². The number of piperazine rings is 1. The van der Waals surface area contributed by atoms with Crippen molar-refractivity contribution >= 4 is 5.91 Å². The summed E-state index contributed by atoms with van der Waals surface area (Å²) in [4.78, 5) is 15.8. The summed E-state index contributed by atoms with van der Waals surface area (Å²) in [5.41, 5.74) is 5.56. The molecule has 0 saturated carbocycles. The van der Waals surface area contributed by atoms with Crippen molar-refractivity contribution in [3.05, 3.63) is 0 Å². The van der Waals surface area contributed by atoms with Crippen molar-refractivity contribution in [1.82, 2.24) is 9.80 Å². The third-order valence-electron chi connectivity index (χ3n) is 2.75. The van der Waals surface area contributed by atoms with Gasteiger partial charge in [-0.25, -0.2) is 0 Å². The van der Waals surface area contributed by atoms with Crippen molar-refractivity contribution in [2.75, 3.05) is 26.2 Å². The van der Waals surface area contributed by atoms with Gasteiger partial charge in [-0.2, -0.15) is 0 Å². The first kappa shape index (κ1) is 11.5. The molecule has 0 radical (unpaired) electrons. The number of amides is 1. The molecule has 1 fully saturated rings. The summed E-state index contributed by atoms with van der Waals surface area (Å²) >= 11 is 0. The fourth-order valence-corrected chi connectivity index (χ4v) is 1.75. The zero-order valence-electron chi connectivity index (χ0n) is 9.36. The summed E-state index contributed by atoms with van der Waals surface area (Å²) in [6.07, 6.45) is 0. The first-order chi connectivity index (χ1) is 6.52. The summed E-state index contributed by atoms with van der Waals surface area (Å²) in [6.45, 7) is 9.69. The Balaban J connectivity index is 2.39. The SMILES string of the molecule is CC(C)N1CCN(C(=O)[C@H](C)N)CC1. The summed E-state index contributed by atoms with van der Waals surface area (Å²) in [5.74, 6) is 0.0772. The summed E-state index contributed by atoms with van der Waals surface area (Å²) < 4.78 is 0. The predicted octanol–water partition coefficient (Wildman–Crippen LogP) is -0.114. The number of hydrogen-bond acceptors (Lipinski definition) is 3. The molecule has 0 spiro atoms. The number of nitrogens with zero attached hydrogens (tertiary/aromatic N) is 2. The van der Waals surface area contributed by atoms with Crippen LogP contribution in [0.15, 0.2) is 0 Å². The van der Waals surface area contributed by atoms with Gasteiger partial charge in [-0.05, 0) is 20.8 Å². The molecule has 14 heavy (non-hydrogen) atoms. The van der Waals surface area contributed by atoms with Crippen LogP contribution in [0.25, 0.3) is 0 Å². The van der Waals surface area contributed by atoms with Crippen LogP contribution in [0.2, 0.25) is 0 Å². The molecule has 0 aromatic carbocycles. The Kier molecular flexibility index (Phi) is 3.89. The minimum absolute atomic E-state index is 0.0772. The number of nitrogens with two attached hydrogens (primary N) is 1. The van der Waals surface area contributed by atoms with E-state index >= 15 is 0 Å². The van der Waals surface area contributed by atoms with Gasteiger partial charge in [0.15, 0.2) is 0 Å². The van der Waals surface area contributed by atoms with E-state index in [1.165, 1.54) is 0 Å². The van der Waals surface area contributed by atoms with Gasteiger partial charge in [0, 0.05) is 32.2 Å². The van der Waals surface area contributed by atoms with E-state index in [4.69, 9.17) is 5.73 Å². The fourth-order valence-electron chi connectivity index (χ4n) is 1.75.